The van der Waals surface area contributed by atoms with Crippen LogP contribution < -0.4 is 17.0 Å². The number of nitrogens with zero attached hydrogens (tertiary/aromatic N) is 1. The predicted octanol–water partition coefficient (Wildman–Crippen LogP) is 1.28. The average molecular weight is 280 g/mol. The lowest BCUT2D eigenvalue weighted by molar-refractivity contribution is 0.627. The first kappa shape index (κ1) is 13.6. The van der Waals surface area contributed by atoms with Crippen molar-refractivity contribution in [2.24, 2.45) is 5.73 Å². The van der Waals surface area contributed by atoms with Gasteiger partial charge in [-0.3, -0.25) is 4.79 Å². The molecule has 2 rings (SSSR count). The number of H-pyrrole nitrogens is 1. The van der Waals surface area contributed by atoms with Crippen LogP contribution in [0, 0.1) is 5.82 Å². The summed E-state index contributed by atoms with van der Waals surface area (Å²) in [6.45, 7) is 0.328. The normalized spacial score (nSPS) is 12.3. The van der Waals surface area contributed by atoms with Crippen molar-refractivity contribution in [3.8, 4) is 0 Å². The molecule has 5 nitrogen and oxygen atoms in total. The number of nitrogens with one attached hydrogen (secondary N) is 1. The molecular weight excluding hydrogens is 267 g/mol. The molecule has 2 aromatic rings. The van der Waals surface area contributed by atoms with E-state index in [0.29, 0.717) is 11.7 Å². The van der Waals surface area contributed by atoms with E-state index in [1.807, 2.05) is 0 Å². The van der Waals surface area contributed by atoms with Crippen molar-refractivity contribution in [1.82, 2.24) is 9.97 Å². The van der Waals surface area contributed by atoms with Crippen LogP contribution in [0.4, 0.5) is 10.2 Å². The Hall–Kier alpha value is -1.86. The number of thioether (sulfide) groups is 1. The van der Waals surface area contributed by atoms with Crippen LogP contribution in [0.25, 0.3) is 0 Å². The molecule has 0 spiro atoms. The number of nitrogen functional groups attached to an aromatic ring is 1. The highest BCUT2D eigenvalue weighted by atomic mass is 32.2. The number of halogens is 1. The van der Waals surface area contributed by atoms with Crippen LogP contribution in [0.1, 0.15) is 10.8 Å². The molecule has 1 unspecified atom stereocenters. The highest BCUT2D eigenvalue weighted by Crippen LogP contribution is 2.32. The van der Waals surface area contributed by atoms with Gasteiger partial charge in [0.2, 0.25) is 0 Å². The Balaban J connectivity index is 2.23. The zero-order valence-electron chi connectivity index (χ0n) is 9.97. The molecule has 1 aromatic carbocycles. The zero-order chi connectivity index (χ0) is 13.8. The van der Waals surface area contributed by atoms with Gasteiger partial charge in [-0.15, -0.1) is 0 Å². The number of hydrogen-bond donors (Lipinski definition) is 3. The van der Waals surface area contributed by atoms with E-state index in [1.54, 1.807) is 12.1 Å². The number of hydrogen-bond acceptors (Lipinski definition) is 5. The summed E-state index contributed by atoms with van der Waals surface area (Å²) in [7, 11) is 0. The van der Waals surface area contributed by atoms with Crippen molar-refractivity contribution in [3.05, 3.63) is 52.1 Å². The third-order valence-electron chi connectivity index (χ3n) is 2.45. The van der Waals surface area contributed by atoms with Crippen LogP contribution in [0.5, 0.6) is 0 Å². The Morgan fingerprint density at radius 3 is 2.63 bits per heavy atom. The highest BCUT2D eigenvalue weighted by Gasteiger charge is 2.13. The summed E-state index contributed by atoms with van der Waals surface area (Å²) in [6, 6.07) is 7.26. The summed E-state index contributed by atoms with van der Waals surface area (Å²) in [5.41, 5.74) is 11.8. The third kappa shape index (κ3) is 3.55. The van der Waals surface area contributed by atoms with Crippen molar-refractivity contribution in [2.75, 3.05) is 12.3 Å². The minimum Gasteiger partial charge on any atom is -0.383 e. The van der Waals surface area contributed by atoms with Crippen LogP contribution in [0.15, 0.2) is 40.3 Å². The highest BCUT2D eigenvalue weighted by molar-refractivity contribution is 7.99. The van der Waals surface area contributed by atoms with E-state index in [1.165, 1.54) is 30.0 Å². The number of nitrogens with two attached hydrogens (primary N) is 2. The van der Waals surface area contributed by atoms with E-state index < -0.39 is 0 Å². The number of aromatic nitrogens is 2. The van der Waals surface area contributed by atoms with Gasteiger partial charge in [0.15, 0.2) is 5.16 Å². The molecule has 7 heteroatoms. The third-order valence-corrected chi connectivity index (χ3v) is 3.62. The van der Waals surface area contributed by atoms with E-state index in [2.05, 4.69) is 9.97 Å². The van der Waals surface area contributed by atoms with Gasteiger partial charge in [0.1, 0.15) is 11.6 Å². The van der Waals surface area contributed by atoms with Crippen molar-refractivity contribution in [2.45, 2.75) is 10.4 Å². The van der Waals surface area contributed by atoms with Gasteiger partial charge in [-0.05, 0) is 17.7 Å². The van der Waals surface area contributed by atoms with Crippen LogP contribution in [-0.2, 0) is 0 Å². The first-order valence-corrected chi connectivity index (χ1v) is 6.45. The maximum atomic E-state index is 12.9. The molecule has 1 aromatic heterocycles. The Morgan fingerprint density at radius 1 is 1.37 bits per heavy atom. The van der Waals surface area contributed by atoms with Gasteiger partial charge in [-0.1, -0.05) is 23.9 Å². The van der Waals surface area contributed by atoms with Crippen molar-refractivity contribution in [3.63, 3.8) is 0 Å². The number of aromatic amines is 1. The van der Waals surface area contributed by atoms with Gasteiger partial charge in [0.25, 0.3) is 5.56 Å². The van der Waals surface area contributed by atoms with Gasteiger partial charge >= 0.3 is 0 Å². The van der Waals surface area contributed by atoms with E-state index in [0.717, 1.165) is 5.56 Å². The van der Waals surface area contributed by atoms with Crippen molar-refractivity contribution >= 4 is 17.6 Å². The molecule has 5 N–H and O–H groups in total. The SMILES string of the molecule is NCC(Sc1nc(N)cc(=O)[nH]1)c1ccc(F)cc1. The second-order valence-corrected chi connectivity index (χ2v) is 5.06. The van der Waals surface area contributed by atoms with Crippen molar-refractivity contribution < 1.29 is 4.39 Å². The number of benzene rings is 1. The fourth-order valence-electron chi connectivity index (χ4n) is 1.57. The lowest BCUT2D eigenvalue weighted by Crippen LogP contribution is -2.13. The Bertz CT molecular complexity index is 614. The zero-order valence-corrected chi connectivity index (χ0v) is 10.8. The molecule has 0 radical (unpaired) electrons. The molecule has 0 amide bonds. The minimum absolute atomic E-state index is 0.134. The molecule has 1 heterocycles. The second kappa shape index (κ2) is 5.85. The van der Waals surface area contributed by atoms with Crippen LogP contribution in [0.3, 0.4) is 0 Å². The summed E-state index contributed by atoms with van der Waals surface area (Å²) in [5, 5.41) is 0.260. The molecule has 0 saturated heterocycles. The lowest BCUT2D eigenvalue weighted by Gasteiger charge is -2.14. The van der Waals surface area contributed by atoms with E-state index in [-0.39, 0.29) is 22.4 Å². The predicted molar refractivity (Wildman–Crippen MR) is 73.3 cm³/mol. The van der Waals surface area contributed by atoms with E-state index >= 15 is 0 Å². The molecule has 0 aliphatic heterocycles. The summed E-state index contributed by atoms with van der Waals surface area (Å²) in [5.74, 6) is -0.152. The van der Waals surface area contributed by atoms with Gasteiger partial charge in [-0.2, -0.15) is 0 Å². The molecule has 0 bridgehead atoms. The largest absolute Gasteiger partial charge is 0.383 e. The summed E-state index contributed by atoms with van der Waals surface area (Å²) >= 11 is 1.28. The second-order valence-electron chi connectivity index (χ2n) is 3.87. The monoisotopic (exact) mass is 280 g/mol. The molecule has 1 atom stereocenters. The summed E-state index contributed by atoms with van der Waals surface area (Å²) < 4.78 is 12.9. The van der Waals surface area contributed by atoms with Gasteiger partial charge in [0, 0.05) is 17.9 Å². The van der Waals surface area contributed by atoms with E-state index in [4.69, 9.17) is 11.5 Å². The van der Waals surface area contributed by atoms with Crippen LogP contribution in [-0.4, -0.2) is 16.5 Å². The van der Waals surface area contributed by atoms with Gasteiger partial charge in [-0.25, -0.2) is 9.37 Å². The Kier molecular flexibility index (Phi) is 4.18. The number of anilines is 1. The smallest absolute Gasteiger partial charge is 0.253 e. The summed E-state index contributed by atoms with van der Waals surface area (Å²) in [6.07, 6.45) is 0. The lowest BCUT2D eigenvalue weighted by atomic mass is 10.1. The van der Waals surface area contributed by atoms with E-state index in [9.17, 15) is 9.18 Å². The maximum Gasteiger partial charge on any atom is 0.253 e. The fourth-order valence-corrected chi connectivity index (χ4v) is 2.55. The molecule has 19 heavy (non-hydrogen) atoms. The van der Waals surface area contributed by atoms with Crippen molar-refractivity contribution in [1.29, 1.82) is 0 Å². The molecule has 100 valence electrons. The minimum atomic E-state index is -0.315. The standard InChI is InChI=1S/C12H13FN4OS/c13-8-3-1-7(2-4-8)9(6-14)19-12-16-10(15)5-11(18)17-12/h1-5,9H,6,14H2,(H3,15,16,17,18). The van der Waals surface area contributed by atoms with Gasteiger partial charge < -0.3 is 16.5 Å². The Morgan fingerprint density at radius 2 is 2.05 bits per heavy atom. The van der Waals surface area contributed by atoms with Crippen LogP contribution >= 0.6 is 11.8 Å². The fraction of sp³-hybridized carbons (Fsp3) is 0.167. The summed E-state index contributed by atoms with van der Waals surface area (Å²) in [4.78, 5) is 17.9. The molecule has 0 aliphatic carbocycles. The average Bonchev–Trinajstić information content (AvgIpc) is 2.36. The molecular formula is C12H13FN4OS. The topological polar surface area (TPSA) is 97.8 Å². The quantitative estimate of drug-likeness (QED) is 0.579. The Labute approximate surface area is 113 Å². The molecule has 0 fully saturated rings. The molecule has 0 saturated carbocycles. The first-order valence-electron chi connectivity index (χ1n) is 5.57. The maximum absolute atomic E-state index is 12.9. The van der Waals surface area contributed by atoms with Crippen LogP contribution in [0.2, 0.25) is 0 Å². The first-order chi connectivity index (χ1) is 9.08. The molecule has 0 aliphatic rings. The van der Waals surface area contributed by atoms with Gasteiger partial charge in [0.05, 0.1) is 0 Å². The number of rotatable bonds is 4.